The third-order valence-electron chi connectivity index (χ3n) is 5.81. The highest BCUT2D eigenvalue weighted by Crippen LogP contribution is 2.37. The number of aryl methyl sites for hydroxylation is 1. The molecule has 0 unspecified atom stereocenters. The van der Waals surface area contributed by atoms with E-state index >= 15 is 0 Å². The lowest BCUT2D eigenvalue weighted by molar-refractivity contribution is -0.136. The van der Waals surface area contributed by atoms with Gasteiger partial charge in [0.1, 0.15) is 16.8 Å². The Kier molecular flexibility index (Phi) is 8.35. The number of nitriles is 1. The first-order valence-electron chi connectivity index (χ1n) is 11.7. The van der Waals surface area contributed by atoms with Gasteiger partial charge in [0, 0.05) is 4.88 Å². The molecule has 0 saturated heterocycles. The molecule has 2 amide bonds. The molecule has 0 atom stereocenters. The first-order chi connectivity index (χ1) is 18.4. The predicted molar refractivity (Wildman–Crippen MR) is 141 cm³/mol. The number of hydrogen-bond acceptors (Lipinski definition) is 9. The van der Waals surface area contributed by atoms with Crippen molar-refractivity contribution < 1.29 is 28.6 Å². The smallest absolute Gasteiger partial charge is 0.343 e. The number of anilines is 1. The summed E-state index contributed by atoms with van der Waals surface area (Å²) in [6.07, 6.45) is 5.01. The second kappa shape index (κ2) is 12.0. The molecular formula is C27H24N4O6S. The van der Waals surface area contributed by atoms with Crippen LogP contribution in [-0.2, 0) is 22.4 Å². The van der Waals surface area contributed by atoms with Crippen molar-refractivity contribution in [3.63, 3.8) is 0 Å². The van der Waals surface area contributed by atoms with E-state index in [0.717, 1.165) is 36.1 Å². The van der Waals surface area contributed by atoms with Crippen molar-refractivity contribution in [1.82, 2.24) is 5.43 Å². The summed E-state index contributed by atoms with van der Waals surface area (Å²) in [5.41, 5.74) is 4.41. The van der Waals surface area contributed by atoms with Crippen LogP contribution in [-0.4, -0.2) is 38.2 Å². The maximum absolute atomic E-state index is 12.5. The minimum Gasteiger partial charge on any atom is -0.497 e. The molecule has 0 bridgehead atoms. The Balaban J connectivity index is 1.36. The molecule has 0 aliphatic heterocycles. The van der Waals surface area contributed by atoms with Gasteiger partial charge in [-0.05, 0) is 79.3 Å². The first-order valence-corrected chi connectivity index (χ1v) is 12.5. The van der Waals surface area contributed by atoms with Crippen LogP contribution in [0.4, 0.5) is 5.00 Å². The Morgan fingerprint density at radius 2 is 1.76 bits per heavy atom. The first kappa shape index (κ1) is 26.4. The molecular weight excluding hydrogens is 508 g/mol. The Hall–Kier alpha value is -4.69. The van der Waals surface area contributed by atoms with Crippen LogP contribution in [0.1, 0.15) is 44.8 Å². The zero-order valence-electron chi connectivity index (χ0n) is 20.7. The second-order valence-electron chi connectivity index (χ2n) is 8.21. The van der Waals surface area contributed by atoms with E-state index in [1.807, 2.05) is 0 Å². The molecule has 1 aromatic heterocycles. The molecule has 2 aromatic carbocycles. The number of thiophene rings is 1. The highest BCUT2D eigenvalue weighted by Gasteiger charge is 2.23. The number of methoxy groups -OCH3 is 2. The molecule has 4 rings (SSSR count). The molecule has 1 heterocycles. The highest BCUT2D eigenvalue weighted by atomic mass is 32.1. The SMILES string of the molecule is COc1ccc(C(=O)Oc2ccc(/C=N/NC(=O)C(=O)Nc3sc4c(c3C#N)CCCC4)cc2OC)cc1. The molecule has 2 N–H and O–H groups in total. The van der Waals surface area contributed by atoms with Crippen molar-refractivity contribution >= 4 is 40.3 Å². The lowest BCUT2D eigenvalue weighted by Crippen LogP contribution is -2.32. The molecule has 0 radical (unpaired) electrons. The van der Waals surface area contributed by atoms with Crippen LogP contribution >= 0.6 is 11.3 Å². The van der Waals surface area contributed by atoms with Crippen LogP contribution in [0.5, 0.6) is 17.2 Å². The van der Waals surface area contributed by atoms with E-state index in [4.69, 9.17) is 14.2 Å². The number of fused-ring (bicyclic) bond motifs is 1. The summed E-state index contributed by atoms with van der Waals surface area (Å²) in [5.74, 6) is -1.39. The summed E-state index contributed by atoms with van der Waals surface area (Å²) in [6, 6.07) is 13.3. The van der Waals surface area contributed by atoms with Gasteiger partial charge in [0.15, 0.2) is 11.5 Å². The average molecular weight is 533 g/mol. The monoisotopic (exact) mass is 532 g/mol. The van der Waals surface area contributed by atoms with E-state index in [-0.39, 0.29) is 11.5 Å². The third kappa shape index (κ3) is 5.99. The maximum Gasteiger partial charge on any atom is 0.343 e. The zero-order valence-corrected chi connectivity index (χ0v) is 21.5. The maximum atomic E-state index is 12.5. The van der Waals surface area contributed by atoms with E-state index in [2.05, 4.69) is 21.9 Å². The number of hydrazone groups is 1. The molecule has 10 nitrogen and oxygen atoms in total. The molecule has 1 aliphatic rings. The molecule has 1 aliphatic carbocycles. The van der Waals surface area contributed by atoms with E-state index in [9.17, 15) is 19.6 Å². The molecule has 0 fully saturated rings. The zero-order chi connectivity index (χ0) is 27.1. The predicted octanol–water partition coefficient (Wildman–Crippen LogP) is 3.82. The highest BCUT2D eigenvalue weighted by molar-refractivity contribution is 7.16. The van der Waals surface area contributed by atoms with Gasteiger partial charge in [0.05, 0.1) is 31.6 Å². The van der Waals surface area contributed by atoms with Gasteiger partial charge in [-0.3, -0.25) is 9.59 Å². The number of amides is 2. The fourth-order valence-corrected chi connectivity index (χ4v) is 5.12. The number of benzene rings is 2. The Morgan fingerprint density at radius 3 is 2.47 bits per heavy atom. The van der Waals surface area contributed by atoms with Crippen LogP contribution in [0.15, 0.2) is 47.6 Å². The molecule has 194 valence electrons. The Labute approximate surface area is 222 Å². The van der Waals surface area contributed by atoms with Crippen LogP contribution in [0, 0.1) is 11.3 Å². The van der Waals surface area contributed by atoms with Gasteiger partial charge in [-0.1, -0.05) is 0 Å². The van der Waals surface area contributed by atoms with Gasteiger partial charge >= 0.3 is 17.8 Å². The third-order valence-corrected chi connectivity index (χ3v) is 7.02. The topological polar surface area (TPSA) is 139 Å². The number of nitrogens with one attached hydrogen (secondary N) is 2. The fraction of sp³-hybridized carbons (Fsp3) is 0.222. The van der Waals surface area contributed by atoms with Crippen molar-refractivity contribution in [2.45, 2.75) is 25.7 Å². The Morgan fingerprint density at radius 1 is 1.00 bits per heavy atom. The van der Waals surface area contributed by atoms with Gasteiger partial charge in [0.2, 0.25) is 0 Å². The number of ether oxygens (including phenoxy) is 3. The number of rotatable bonds is 7. The van der Waals surface area contributed by atoms with E-state index in [0.29, 0.717) is 27.4 Å². The summed E-state index contributed by atoms with van der Waals surface area (Å²) in [6.45, 7) is 0. The van der Waals surface area contributed by atoms with Crippen molar-refractivity contribution in [2.75, 3.05) is 19.5 Å². The van der Waals surface area contributed by atoms with E-state index < -0.39 is 17.8 Å². The van der Waals surface area contributed by atoms with Crippen molar-refractivity contribution in [3.05, 3.63) is 69.6 Å². The molecule has 11 heteroatoms. The van der Waals surface area contributed by atoms with Crippen molar-refractivity contribution in [2.24, 2.45) is 5.10 Å². The fourth-order valence-electron chi connectivity index (χ4n) is 3.88. The summed E-state index contributed by atoms with van der Waals surface area (Å²) in [5, 5.41) is 16.2. The minimum absolute atomic E-state index is 0.195. The summed E-state index contributed by atoms with van der Waals surface area (Å²) >= 11 is 1.33. The van der Waals surface area contributed by atoms with Crippen molar-refractivity contribution in [1.29, 1.82) is 5.26 Å². The van der Waals surface area contributed by atoms with Crippen LogP contribution in [0.3, 0.4) is 0 Å². The number of carbonyl (C=O) groups excluding carboxylic acids is 3. The summed E-state index contributed by atoms with van der Waals surface area (Å²) in [7, 11) is 2.95. The molecule has 0 spiro atoms. The Bertz CT molecular complexity index is 1440. The van der Waals surface area contributed by atoms with Crippen LogP contribution in [0.25, 0.3) is 0 Å². The summed E-state index contributed by atoms with van der Waals surface area (Å²) < 4.78 is 15.8. The minimum atomic E-state index is -0.978. The molecule has 3 aromatic rings. The average Bonchev–Trinajstić information content (AvgIpc) is 3.30. The van der Waals surface area contributed by atoms with E-state index in [1.165, 1.54) is 37.8 Å². The molecule has 0 saturated carbocycles. The number of carbonyl (C=O) groups is 3. The largest absolute Gasteiger partial charge is 0.497 e. The standard InChI is InChI=1S/C27H24N4O6S/c1-35-18-10-8-17(9-11-18)27(34)37-21-12-7-16(13-22(21)36-2)15-29-31-25(33)24(32)30-26-20(14-28)19-5-3-4-6-23(19)38-26/h7-13,15H,3-6H2,1-2H3,(H,30,32)(H,31,33)/b29-15+. The lowest BCUT2D eigenvalue weighted by Gasteiger charge is -2.10. The van der Waals surface area contributed by atoms with Gasteiger partial charge in [-0.25, -0.2) is 10.2 Å². The number of nitrogens with zero attached hydrogens (tertiary/aromatic N) is 2. The molecule has 38 heavy (non-hydrogen) atoms. The van der Waals surface area contributed by atoms with Gasteiger partial charge in [0.25, 0.3) is 0 Å². The second-order valence-corrected chi connectivity index (χ2v) is 9.31. The van der Waals surface area contributed by atoms with Crippen LogP contribution < -0.4 is 25.0 Å². The summed E-state index contributed by atoms with van der Waals surface area (Å²) in [4.78, 5) is 38.1. The van der Waals surface area contributed by atoms with Gasteiger partial charge in [-0.15, -0.1) is 11.3 Å². The number of hydrogen-bond donors (Lipinski definition) is 2. The quantitative estimate of drug-likeness (QED) is 0.155. The lowest BCUT2D eigenvalue weighted by atomic mass is 9.96. The van der Waals surface area contributed by atoms with E-state index in [1.54, 1.807) is 36.4 Å². The van der Waals surface area contributed by atoms with Crippen LogP contribution in [0.2, 0.25) is 0 Å². The van der Waals surface area contributed by atoms with Gasteiger partial charge in [-0.2, -0.15) is 10.4 Å². The number of esters is 1. The normalized spacial score (nSPS) is 12.2. The van der Waals surface area contributed by atoms with Gasteiger partial charge < -0.3 is 19.5 Å². The van der Waals surface area contributed by atoms with Crippen molar-refractivity contribution in [3.8, 4) is 23.3 Å².